The van der Waals surface area contributed by atoms with Crippen LogP contribution in [0.15, 0.2) is 53.6 Å². The van der Waals surface area contributed by atoms with Crippen molar-refractivity contribution < 1.29 is 28.6 Å². The number of piperidine rings is 1. The third-order valence-electron chi connectivity index (χ3n) is 7.31. The number of carboxylic acid groups (broad SMARTS) is 1. The molecular formula is C28H33F2N3O4S. The van der Waals surface area contributed by atoms with Crippen molar-refractivity contribution in [3.8, 4) is 5.75 Å². The molecule has 4 rings (SSSR count). The Hall–Kier alpha value is -2.79. The van der Waals surface area contributed by atoms with Crippen LogP contribution in [0.3, 0.4) is 0 Å². The van der Waals surface area contributed by atoms with Gasteiger partial charge >= 0.3 is 5.97 Å². The van der Waals surface area contributed by atoms with Gasteiger partial charge in [-0.1, -0.05) is 0 Å². The topological polar surface area (TPSA) is 94.9 Å². The Morgan fingerprint density at radius 2 is 2.08 bits per heavy atom. The number of hydrogen-bond acceptors (Lipinski definition) is 7. The maximum atomic E-state index is 13.9. The lowest BCUT2D eigenvalue weighted by atomic mass is 9.79. The number of ether oxygens (including phenoxy) is 1. The molecule has 1 aliphatic heterocycles. The van der Waals surface area contributed by atoms with Crippen molar-refractivity contribution in [2.24, 2.45) is 11.8 Å². The minimum Gasteiger partial charge on any atom is -0.497 e. The minimum atomic E-state index is -0.831. The molecular weight excluding hydrogens is 512 g/mol. The Morgan fingerprint density at radius 3 is 2.84 bits per heavy atom. The van der Waals surface area contributed by atoms with Gasteiger partial charge in [-0.15, -0.1) is 11.8 Å². The number of nitrogens with one attached hydrogen (secondary N) is 1. The summed E-state index contributed by atoms with van der Waals surface area (Å²) in [5, 5.41) is 20.5. The molecule has 0 saturated carbocycles. The van der Waals surface area contributed by atoms with E-state index in [0.717, 1.165) is 48.0 Å². The SMILES string of the molecule is COc1ccc2nccc([C@@H](CC[C@@H]3CCN(CCSc4cc(F)ccc4F)C[C@@H]3CC(=O)O)NO)c2c1. The van der Waals surface area contributed by atoms with Crippen LogP contribution >= 0.6 is 11.8 Å². The number of rotatable bonds is 12. The monoisotopic (exact) mass is 545 g/mol. The normalized spacial score (nSPS) is 18.9. The van der Waals surface area contributed by atoms with Crippen molar-refractivity contribution in [2.45, 2.75) is 36.6 Å². The predicted octanol–water partition coefficient (Wildman–Crippen LogP) is 5.53. The number of thioether (sulfide) groups is 1. The summed E-state index contributed by atoms with van der Waals surface area (Å²) in [7, 11) is 1.60. The van der Waals surface area contributed by atoms with E-state index in [2.05, 4.69) is 15.4 Å². The van der Waals surface area contributed by atoms with E-state index in [4.69, 9.17) is 4.74 Å². The number of likely N-dealkylation sites (tertiary alicyclic amines) is 1. The molecule has 3 aromatic rings. The van der Waals surface area contributed by atoms with E-state index in [1.54, 1.807) is 13.3 Å². The number of halogens is 2. The summed E-state index contributed by atoms with van der Waals surface area (Å²) < 4.78 is 32.7. The van der Waals surface area contributed by atoms with Crippen LogP contribution in [0.5, 0.6) is 5.75 Å². The summed E-state index contributed by atoms with van der Waals surface area (Å²) in [6, 6.07) is 10.6. The van der Waals surface area contributed by atoms with Gasteiger partial charge in [0, 0.05) is 41.7 Å². The fourth-order valence-corrected chi connectivity index (χ4v) is 6.29. The number of hydroxylamine groups is 1. The summed E-state index contributed by atoms with van der Waals surface area (Å²) in [6.45, 7) is 2.10. The highest BCUT2D eigenvalue weighted by Crippen LogP contribution is 2.35. The van der Waals surface area contributed by atoms with Gasteiger partial charge in [0.05, 0.1) is 18.7 Å². The first-order valence-electron chi connectivity index (χ1n) is 12.7. The molecule has 7 nitrogen and oxygen atoms in total. The molecule has 1 fully saturated rings. The van der Waals surface area contributed by atoms with Crippen LogP contribution < -0.4 is 10.2 Å². The average molecular weight is 546 g/mol. The molecule has 1 aliphatic rings. The molecule has 1 aromatic heterocycles. The number of hydrogen-bond donors (Lipinski definition) is 3. The molecule has 2 aromatic carbocycles. The number of methoxy groups -OCH3 is 1. The Labute approximate surface area is 225 Å². The third-order valence-corrected chi connectivity index (χ3v) is 8.32. The van der Waals surface area contributed by atoms with Gasteiger partial charge in [0.2, 0.25) is 0 Å². The van der Waals surface area contributed by atoms with Gasteiger partial charge in [-0.2, -0.15) is 5.48 Å². The second-order valence-corrected chi connectivity index (χ2v) is 10.8. The Morgan fingerprint density at radius 1 is 1.24 bits per heavy atom. The maximum absolute atomic E-state index is 13.9. The molecule has 38 heavy (non-hydrogen) atoms. The molecule has 0 spiro atoms. The minimum absolute atomic E-state index is 0.0363. The summed E-state index contributed by atoms with van der Waals surface area (Å²) >= 11 is 1.27. The number of pyridine rings is 1. The van der Waals surface area contributed by atoms with E-state index >= 15 is 0 Å². The highest BCUT2D eigenvalue weighted by Gasteiger charge is 2.31. The van der Waals surface area contributed by atoms with E-state index in [-0.39, 0.29) is 29.2 Å². The maximum Gasteiger partial charge on any atom is 0.303 e. The van der Waals surface area contributed by atoms with Crippen molar-refractivity contribution >= 4 is 28.6 Å². The zero-order chi connectivity index (χ0) is 27.1. The highest BCUT2D eigenvalue weighted by molar-refractivity contribution is 7.99. The molecule has 1 saturated heterocycles. The average Bonchev–Trinajstić information content (AvgIpc) is 2.91. The van der Waals surface area contributed by atoms with Crippen molar-refractivity contribution in [3.63, 3.8) is 0 Å². The molecule has 3 N–H and O–H groups in total. The first-order valence-corrected chi connectivity index (χ1v) is 13.7. The highest BCUT2D eigenvalue weighted by atomic mass is 32.2. The van der Waals surface area contributed by atoms with E-state index in [1.165, 1.54) is 17.8 Å². The smallest absolute Gasteiger partial charge is 0.303 e. The lowest BCUT2D eigenvalue weighted by Gasteiger charge is -2.38. The van der Waals surface area contributed by atoms with E-state index in [1.807, 2.05) is 24.3 Å². The molecule has 0 bridgehead atoms. The van der Waals surface area contributed by atoms with Gasteiger partial charge in [-0.3, -0.25) is 9.78 Å². The first kappa shape index (κ1) is 28.2. The van der Waals surface area contributed by atoms with Gasteiger partial charge in [-0.05, 0) is 85.7 Å². The molecule has 0 unspecified atom stereocenters. The van der Waals surface area contributed by atoms with Crippen molar-refractivity contribution in [1.29, 1.82) is 0 Å². The fourth-order valence-electron chi connectivity index (χ4n) is 5.32. The molecule has 0 radical (unpaired) electrons. The summed E-state index contributed by atoms with van der Waals surface area (Å²) in [5.41, 5.74) is 4.16. The van der Waals surface area contributed by atoms with E-state index in [9.17, 15) is 23.9 Å². The Bertz CT molecular complexity index is 1250. The summed E-state index contributed by atoms with van der Waals surface area (Å²) in [5.74, 6) is -0.297. The number of fused-ring (bicyclic) bond motifs is 1. The number of aliphatic carboxylic acids is 1. The van der Waals surface area contributed by atoms with Gasteiger partial charge < -0.3 is 20.0 Å². The van der Waals surface area contributed by atoms with Crippen LogP contribution in [0.4, 0.5) is 8.78 Å². The van der Waals surface area contributed by atoms with Crippen LogP contribution in [0.2, 0.25) is 0 Å². The lowest BCUT2D eigenvalue weighted by Crippen LogP contribution is -2.42. The van der Waals surface area contributed by atoms with E-state index < -0.39 is 17.6 Å². The van der Waals surface area contributed by atoms with Crippen LogP contribution in [0, 0.1) is 23.5 Å². The molecule has 204 valence electrons. The van der Waals surface area contributed by atoms with Gasteiger partial charge in [-0.25, -0.2) is 8.78 Å². The zero-order valence-electron chi connectivity index (χ0n) is 21.3. The number of carbonyl (C=O) groups is 1. The van der Waals surface area contributed by atoms with Crippen LogP contribution in [0.25, 0.3) is 10.9 Å². The van der Waals surface area contributed by atoms with Crippen molar-refractivity contribution in [1.82, 2.24) is 15.4 Å². The lowest BCUT2D eigenvalue weighted by molar-refractivity contribution is -0.139. The molecule has 3 atom stereocenters. The molecule has 2 heterocycles. The predicted molar refractivity (Wildman–Crippen MR) is 143 cm³/mol. The number of nitrogens with zero attached hydrogens (tertiary/aromatic N) is 2. The Kier molecular flexibility index (Phi) is 9.90. The number of carboxylic acids is 1. The Balaban J connectivity index is 1.38. The second kappa shape index (κ2) is 13.3. The number of aromatic nitrogens is 1. The fraction of sp³-hybridized carbons (Fsp3) is 0.429. The zero-order valence-corrected chi connectivity index (χ0v) is 22.1. The van der Waals surface area contributed by atoms with Crippen LogP contribution in [0.1, 0.15) is 37.3 Å². The third kappa shape index (κ3) is 7.19. The quantitative estimate of drug-likeness (QED) is 0.202. The summed E-state index contributed by atoms with van der Waals surface area (Å²) in [4.78, 5) is 18.5. The molecule has 0 amide bonds. The van der Waals surface area contributed by atoms with Gasteiger partial charge in [0.15, 0.2) is 0 Å². The van der Waals surface area contributed by atoms with Gasteiger partial charge in [0.25, 0.3) is 0 Å². The van der Waals surface area contributed by atoms with Crippen LogP contribution in [-0.4, -0.2) is 58.7 Å². The van der Waals surface area contributed by atoms with E-state index in [0.29, 0.717) is 31.0 Å². The molecule has 0 aliphatic carbocycles. The summed E-state index contributed by atoms with van der Waals surface area (Å²) in [6.07, 6.45) is 4.00. The number of benzene rings is 2. The van der Waals surface area contributed by atoms with Crippen molar-refractivity contribution in [3.05, 3.63) is 65.9 Å². The van der Waals surface area contributed by atoms with Crippen molar-refractivity contribution in [2.75, 3.05) is 32.5 Å². The first-order chi connectivity index (χ1) is 18.4. The second-order valence-electron chi connectivity index (χ2n) is 9.67. The molecule has 10 heteroatoms. The largest absolute Gasteiger partial charge is 0.497 e. The standard InChI is InChI=1S/C28H33F2N3O4S/c1-37-21-4-7-25-23(16-21)22(8-10-31-25)26(32-36)6-2-18-9-11-33(17-19(18)14-28(34)35)12-13-38-27-15-20(29)3-5-24(27)30/h3-5,7-8,10,15-16,18-19,26,32,36H,2,6,9,11-14,17H2,1H3,(H,34,35)/t18-,19+,26-/m1/s1. The van der Waals surface area contributed by atoms with Gasteiger partial charge in [0.1, 0.15) is 17.4 Å². The van der Waals surface area contributed by atoms with Crippen LogP contribution in [-0.2, 0) is 4.79 Å².